The number of oxazole rings is 1. The quantitative estimate of drug-likeness (QED) is 0.498. The summed E-state index contributed by atoms with van der Waals surface area (Å²) in [6, 6.07) is 6.04. The van der Waals surface area contributed by atoms with Crippen molar-refractivity contribution in [3.63, 3.8) is 0 Å². The molecule has 164 valence electrons. The van der Waals surface area contributed by atoms with Crippen LogP contribution in [0.25, 0.3) is 11.5 Å². The lowest BCUT2D eigenvalue weighted by Gasteiger charge is -2.28. The predicted octanol–water partition coefficient (Wildman–Crippen LogP) is 3.52. The van der Waals surface area contributed by atoms with Gasteiger partial charge < -0.3 is 19.2 Å². The minimum absolute atomic E-state index is 0.0669. The first kappa shape index (κ1) is 21.6. The maximum atomic E-state index is 13.1. The Morgan fingerprint density at radius 2 is 1.97 bits per heavy atom. The van der Waals surface area contributed by atoms with E-state index in [-0.39, 0.29) is 23.9 Å². The summed E-state index contributed by atoms with van der Waals surface area (Å²) >= 11 is 4.91. The molecule has 1 aliphatic heterocycles. The Labute approximate surface area is 185 Å². The van der Waals surface area contributed by atoms with Crippen LogP contribution in [0.4, 0.5) is 4.39 Å². The largest absolute Gasteiger partial charge is 0.441 e. The van der Waals surface area contributed by atoms with Gasteiger partial charge in [0.2, 0.25) is 5.89 Å². The molecule has 7 nitrogen and oxygen atoms in total. The predicted molar refractivity (Wildman–Crippen MR) is 115 cm³/mol. The standard InChI is InChI=1S/C22H24FN3O4S/c1-13-19(24-21(30-13)14-5-7-15(23)8-6-14)12-29-17-4-2-3-16(11-17)28-10-9-18-20(27)26-22(31)25-18/h5-9,16-17H,2-4,10-12H2,1H3,(H2,25,26,27,31)/t16-,17+/m0/s1. The fraction of sp³-hybridized carbons (Fsp3) is 0.409. The van der Waals surface area contributed by atoms with Gasteiger partial charge in [-0.2, -0.15) is 0 Å². The number of thiocarbonyl (C=S) groups is 1. The molecule has 1 saturated carbocycles. The number of aromatic nitrogens is 1. The molecule has 1 amide bonds. The molecule has 0 unspecified atom stereocenters. The van der Waals surface area contributed by atoms with Crippen LogP contribution in [0, 0.1) is 12.7 Å². The fourth-order valence-electron chi connectivity index (χ4n) is 3.67. The molecule has 2 aliphatic rings. The van der Waals surface area contributed by atoms with E-state index in [1.54, 1.807) is 18.2 Å². The third-order valence-corrected chi connectivity index (χ3v) is 5.56. The van der Waals surface area contributed by atoms with Gasteiger partial charge in [-0.25, -0.2) is 9.37 Å². The Bertz CT molecular complexity index is 989. The molecule has 0 radical (unpaired) electrons. The number of amides is 1. The van der Waals surface area contributed by atoms with Crippen molar-refractivity contribution in [3.05, 3.63) is 53.3 Å². The SMILES string of the molecule is Cc1oc(-c2ccc(F)cc2)nc1CO[C@@H]1CCC[C@H](OCC=C2NC(=S)NC2=O)C1. The number of nitrogens with zero attached hydrogens (tertiary/aromatic N) is 1. The molecule has 9 heteroatoms. The number of rotatable bonds is 7. The third kappa shape index (κ3) is 5.55. The summed E-state index contributed by atoms with van der Waals surface area (Å²) in [5, 5.41) is 5.64. The van der Waals surface area contributed by atoms with Crippen molar-refractivity contribution in [2.24, 2.45) is 0 Å². The van der Waals surface area contributed by atoms with E-state index in [0.717, 1.165) is 36.9 Å². The minimum atomic E-state index is -0.299. The number of carbonyl (C=O) groups is 1. The van der Waals surface area contributed by atoms with Gasteiger partial charge in [-0.15, -0.1) is 0 Å². The highest BCUT2D eigenvalue weighted by Crippen LogP contribution is 2.26. The smallest absolute Gasteiger partial charge is 0.273 e. The lowest BCUT2D eigenvalue weighted by Crippen LogP contribution is -2.28. The lowest BCUT2D eigenvalue weighted by molar-refractivity contribution is -0.115. The molecule has 31 heavy (non-hydrogen) atoms. The molecule has 4 rings (SSSR count). The number of ether oxygens (including phenoxy) is 2. The fourth-order valence-corrected chi connectivity index (χ4v) is 3.87. The van der Waals surface area contributed by atoms with E-state index in [1.165, 1.54) is 12.1 Å². The number of hydrogen-bond donors (Lipinski definition) is 2. The summed E-state index contributed by atoms with van der Waals surface area (Å²) < 4.78 is 30.9. The Kier molecular flexibility index (Phi) is 6.74. The maximum Gasteiger partial charge on any atom is 0.273 e. The van der Waals surface area contributed by atoms with Gasteiger partial charge in [0.15, 0.2) is 5.11 Å². The first-order valence-corrected chi connectivity index (χ1v) is 10.7. The highest BCUT2D eigenvalue weighted by Gasteiger charge is 2.25. The van der Waals surface area contributed by atoms with Crippen molar-refractivity contribution >= 4 is 23.2 Å². The third-order valence-electron chi connectivity index (χ3n) is 5.36. The van der Waals surface area contributed by atoms with Crippen LogP contribution in [-0.2, 0) is 20.9 Å². The van der Waals surface area contributed by atoms with Gasteiger partial charge in [-0.1, -0.05) is 0 Å². The van der Waals surface area contributed by atoms with Gasteiger partial charge in [0, 0.05) is 5.56 Å². The highest BCUT2D eigenvalue weighted by molar-refractivity contribution is 7.80. The maximum absolute atomic E-state index is 13.1. The second-order valence-corrected chi connectivity index (χ2v) is 8.02. The van der Waals surface area contributed by atoms with Crippen molar-refractivity contribution in [1.29, 1.82) is 0 Å². The summed E-state index contributed by atoms with van der Waals surface area (Å²) in [4.78, 5) is 16.1. The Balaban J connectivity index is 1.27. The van der Waals surface area contributed by atoms with Crippen molar-refractivity contribution in [3.8, 4) is 11.5 Å². The van der Waals surface area contributed by atoms with E-state index >= 15 is 0 Å². The van der Waals surface area contributed by atoms with Crippen LogP contribution in [0.5, 0.6) is 0 Å². The van der Waals surface area contributed by atoms with Crippen molar-refractivity contribution in [2.45, 2.75) is 51.4 Å². The van der Waals surface area contributed by atoms with E-state index in [9.17, 15) is 9.18 Å². The Morgan fingerprint density at radius 1 is 1.23 bits per heavy atom. The van der Waals surface area contributed by atoms with Crippen LogP contribution in [0.1, 0.15) is 37.1 Å². The molecule has 2 heterocycles. The zero-order valence-electron chi connectivity index (χ0n) is 17.2. The molecular formula is C22H24FN3O4S. The van der Waals surface area contributed by atoms with Crippen molar-refractivity contribution in [1.82, 2.24) is 15.6 Å². The Morgan fingerprint density at radius 3 is 2.68 bits per heavy atom. The number of carbonyl (C=O) groups excluding carboxylic acids is 1. The van der Waals surface area contributed by atoms with Crippen LogP contribution in [0.3, 0.4) is 0 Å². The molecule has 0 bridgehead atoms. The number of aryl methyl sites for hydroxylation is 1. The monoisotopic (exact) mass is 445 g/mol. The average Bonchev–Trinajstić information content (AvgIpc) is 3.28. The number of nitrogens with one attached hydrogen (secondary N) is 2. The van der Waals surface area contributed by atoms with Gasteiger partial charge in [0.25, 0.3) is 5.91 Å². The highest BCUT2D eigenvalue weighted by atomic mass is 32.1. The van der Waals surface area contributed by atoms with Crippen LogP contribution in [-0.4, -0.2) is 34.8 Å². The number of hydrogen-bond acceptors (Lipinski definition) is 6. The van der Waals surface area contributed by atoms with E-state index in [2.05, 4.69) is 15.6 Å². The molecule has 1 saturated heterocycles. The molecule has 1 aromatic heterocycles. The second-order valence-electron chi connectivity index (χ2n) is 7.61. The summed E-state index contributed by atoms with van der Waals surface area (Å²) in [5.41, 5.74) is 1.88. The van der Waals surface area contributed by atoms with Gasteiger partial charge in [-0.3, -0.25) is 10.1 Å². The first-order valence-electron chi connectivity index (χ1n) is 10.3. The summed E-state index contributed by atoms with van der Waals surface area (Å²) in [5.74, 6) is 0.612. The number of halogens is 1. The second kappa shape index (κ2) is 9.67. The molecule has 2 fully saturated rings. The van der Waals surface area contributed by atoms with Crippen LogP contribution in [0.2, 0.25) is 0 Å². The van der Waals surface area contributed by atoms with Crippen LogP contribution < -0.4 is 10.6 Å². The van der Waals surface area contributed by atoms with E-state index in [0.29, 0.717) is 35.7 Å². The van der Waals surface area contributed by atoms with E-state index in [1.807, 2.05) is 6.92 Å². The minimum Gasteiger partial charge on any atom is -0.441 e. The molecule has 2 atom stereocenters. The van der Waals surface area contributed by atoms with E-state index in [4.69, 9.17) is 26.1 Å². The normalized spacial score (nSPS) is 22.6. The van der Waals surface area contributed by atoms with Gasteiger partial charge in [-0.05, 0) is 75.2 Å². The topological polar surface area (TPSA) is 85.6 Å². The van der Waals surface area contributed by atoms with Crippen LogP contribution >= 0.6 is 12.2 Å². The number of benzene rings is 1. The molecule has 0 spiro atoms. The van der Waals surface area contributed by atoms with E-state index < -0.39 is 0 Å². The summed E-state index contributed by atoms with van der Waals surface area (Å²) in [6.07, 6.45) is 5.54. The summed E-state index contributed by atoms with van der Waals surface area (Å²) in [7, 11) is 0. The zero-order valence-corrected chi connectivity index (χ0v) is 18.0. The molecule has 1 aliphatic carbocycles. The Hall–Kier alpha value is -2.62. The lowest BCUT2D eigenvalue weighted by atomic mass is 9.95. The zero-order chi connectivity index (χ0) is 21.8. The van der Waals surface area contributed by atoms with Gasteiger partial charge in [0.05, 0.1) is 25.4 Å². The van der Waals surface area contributed by atoms with Crippen molar-refractivity contribution < 1.29 is 23.1 Å². The van der Waals surface area contributed by atoms with Crippen molar-refractivity contribution in [2.75, 3.05) is 6.61 Å². The average molecular weight is 446 g/mol. The molecular weight excluding hydrogens is 421 g/mol. The van der Waals surface area contributed by atoms with Gasteiger partial charge >= 0.3 is 0 Å². The molecule has 2 aromatic rings. The van der Waals surface area contributed by atoms with Crippen LogP contribution in [0.15, 0.2) is 40.5 Å². The molecule has 1 aromatic carbocycles. The van der Waals surface area contributed by atoms with Gasteiger partial charge in [0.1, 0.15) is 23.0 Å². The molecule has 2 N–H and O–H groups in total. The first-order chi connectivity index (χ1) is 15.0. The summed E-state index contributed by atoms with van der Waals surface area (Å²) in [6.45, 7) is 2.52.